The summed E-state index contributed by atoms with van der Waals surface area (Å²) in [5, 5.41) is 6.75. The van der Waals surface area contributed by atoms with E-state index in [1.54, 1.807) is 7.05 Å². The summed E-state index contributed by atoms with van der Waals surface area (Å²) in [5.41, 5.74) is 2.66. The first-order valence-corrected chi connectivity index (χ1v) is 12.1. The first kappa shape index (κ1) is 26.9. The lowest BCUT2D eigenvalue weighted by Gasteiger charge is -2.29. The van der Waals surface area contributed by atoms with Crippen LogP contribution in [0.4, 0.5) is 0 Å². The van der Waals surface area contributed by atoms with Gasteiger partial charge in [0.05, 0.1) is 6.10 Å². The molecule has 6 nitrogen and oxygen atoms in total. The maximum atomic E-state index is 12.6. The van der Waals surface area contributed by atoms with Crippen LogP contribution >= 0.6 is 24.0 Å². The van der Waals surface area contributed by atoms with Gasteiger partial charge in [0.1, 0.15) is 0 Å². The number of carbonyl (C=O) groups excluding carboxylic acids is 1. The van der Waals surface area contributed by atoms with E-state index < -0.39 is 0 Å². The minimum atomic E-state index is 0. The quantitative estimate of drug-likeness (QED) is 0.197. The number of amides is 1. The number of carbonyl (C=O) groups is 1. The van der Waals surface area contributed by atoms with Gasteiger partial charge in [0.2, 0.25) is 5.91 Å². The van der Waals surface area contributed by atoms with Crippen LogP contribution in [-0.4, -0.2) is 56.2 Å². The summed E-state index contributed by atoms with van der Waals surface area (Å²) in [6, 6.07) is 8.44. The molecule has 1 aliphatic carbocycles. The molecule has 1 amide bonds. The first-order chi connectivity index (χ1) is 15.2. The second-order valence-corrected chi connectivity index (χ2v) is 8.69. The van der Waals surface area contributed by atoms with Gasteiger partial charge in [-0.3, -0.25) is 9.79 Å². The van der Waals surface area contributed by atoms with E-state index >= 15 is 0 Å². The Kier molecular flexibility index (Phi) is 12.4. The van der Waals surface area contributed by atoms with Crippen LogP contribution in [0.3, 0.4) is 0 Å². The molecule has 2 N–H and O–H groups in total. The van der Waals surface area contributed by atoms with Gasteiger partial charge in [-0.1, -0.05) is 37.1 Å². The van der Waals surface area contributed by atoms with E-state index in [0.717, 1.165) is 58.0 Å². The van der Waals surface area contributed by atoms with Crippen molar-refractivity contribution >= 4 is 35.8 Å². The smallest absolute Gasteiger partial charge is 0.222 e. The average molecular weight is 557 g/mol. The highest BCUT2D eigenvalue weighted by molar-refractivity contribution is 14.0. The highest BCUT2D eigenvalue weighted by Crippen LogP contribution is 2.30. The number of halogens is 1. The van der Waals surface area contributed by atoms with Gasteiger partial charge in [0.15, 0.2) is 5.96 Å². The molecule has 3 rings (SSSR count). The molecule has 7 heteroatoms. The van der Waals surface area contributed by atoms with E-state index in [1.165, 1.54) is 36.8 Å². The molecule has 1 aromatic rings. The van der Waals surface area contributed by atoms with E-state index in [2.05, 4.69) is 46.8 Å². The highest BCUT2D eigenvalue weighted by Gasteiger charge is 2.25. The van der Waals surface area contributed by atoms with Crippen molar-refractivity contribution in [3.8, 4) is 0 Å². The van der Waals surface area contributed by atoms with Gasteiger partial charge in [-0.25, -0.2) is 0 Å². The highest BCUT2D eigenvalue weighted by atomic mass is 127. The van der Waals surface area contributed by atoms with Gasteiger partial charge in [-0.05, 0) is 56.1 Å². The predicted molar refractivity (Wildman–Crippen MR) is 142 cm³/mol. The first-order valence-electron chi connectivity index (χ1n) is 12.1. The fraction of sp³-hybridized carbons (Fsp3) is 0.680. The minimum absolute atomic E-state index is 0. The Morgan fingerprint density at radius 2 is 1.91 bits per heavy atom. The molecular weight excluding hydrogens is 515 g/mol. The lowest BCUT2D eigenvalue weighted by Crippen LogP contribution is -2.40. The number of nitrogens with one attached hydrogen (secondary N) is 2. The molecule has 180 valence electrons. The second kappa shape index (κ2) is 14.7. The molecule has 0 bridgehead atoms. The van der Waals surface area contributed by atoms with Crippen LogP contribution in [-0.2, 0) is 22.5 Å². The maximum absolute atomic E-state index is 12.6. The third kappa shape index (κ3) is 8.21. The average Bonchev–Trinajstić information content (AvgIpc) is 3.34. The summed E-state index contributed by atoms with van der Waals surface area (Å²) >= 11 is 0. The van der Waals surface area contributed by atoms with Crippen molar-refractivity contribution in [2.24, 2.45) is 10.9 Å². The van der Waals surface area contributed by atoms with E-state index in [4.69, 9.17) is 4.74 Å². The third-order valence-corrected chi connectivity index (χ3v) is 6.59. The van der Waals surface area contributed by atoms with Crippen LogP contribution in [0.2, 0.25) is 0 Å². The lowest BCUT2D eigenvalue weighted by molar-refractivity contribution is -0.132. The minimum Gasteiger partial charge on any atom is -0.378 e. The molecule has 0 aromatic heterocycles. The summed E-state index contributed by atoms with van der Waals surface area (Å²) in [5.74, 6) is 1.76. The van der Waals surface area contributed by atoms with Crippen LogP contribution in [0, 0.1) is 5.92 Å². The van der Waals surface area contributed by atoms with E-state index in [9.17, 15) is 4.79 Å². The zero-order valence-electron chi connectivity index (χ0n) is 19.8. The molecule has 0 saturated heterocycles. The second-order valence-electron chi connectivity index (χ2n) is 8.69. The molecule has 1 fully saturated rings. The van der Waals surface area contributed by atoms with Crippen LogP contribution in [0.15, 0.2) is 29.3 Å². The zero-order valence-corrected chi connectivity index (χ0v) is 22.1. The zero-order chi connectivity index (χ0) is 21.9. The molecule has 1 atom stereocenters. The number of fused-ring (bicyclic) bond motifs is 1. The van der Waals surface area contributed by atoms with Crippen LogP contribution in [0.1, 0.15) is 63.0 Å². The Balaban J connectivity index is 0.00000363. The van der Waals surface area contributed by atoms with Crippen molar-refractivity contribution in [1.29, 1.82) is 0 Å². The van der Waals surface area contributed by atoms with Gasteiger partial charge < -0.3 is 20.3 Å². The predicted octanol–water partition coefficient (Wildman–Crippen LogP) is 4.12. The molecule has 0 radical (unpaired) electrons. The van der Waals surface area contributed by atoms with E-state index in [-0.39, 0.29) is 29.9 Å². The largest absolute Gasteiger partial charge is 0.378 e. The van der Waals surface area contributed by atoms with Crippen molar-refractivity contribution in [3.05, 3.63) is 35.4 Å². The summed E-state index contributed by atoms with van der Waals surface area (Å²) in [7, 11) is 1.79. The summed E-state index contributed by atoms with van der Waals surface area (Å²) in [4.78, 5) is 18.9. The molecule has 2 aliphatic rings. The van der Waals surface area contributed by atoms with Crippen molar-refractivity contribution in [2.45, 2.75) is 70.9 Å². The van der Waals surface area contributed by atoms with Gasteiger partial charge in [0, 0.05) is 46.3 Å². The molecular formula is C25H41IN4O2. The number of benzene rings is 1. The number of aliphatic imine (C=N–C) groups is 1. The van der Waals surface area contributed by atoms with Crippen LogP contribution in [0.25, 0.3) is 0 Å². The molecule has 0 spiro atoms. The number of nitrogens with zero attached hydrogens (tertiary/aromatic N) is 2. The van der Waals surface area contributed by atoms with E-state index in [1.807, 2.05) is 4.90 Å². The summed E-state index contributed by atoms with van der Waals surface area (Å²) in [6.07, 6.45) is 8.98. The normalized spacial score (nSPS) is 17.4. The number of hydrogen-bond acceptors (Lipinski definition) is 3. The standard InChI is InChI=1S/C25H40N4O2.HI/c1-3-31-23(21-10-5-6-11-21)14-17-28-25(26-2)27-16-8-13-24(30)29-18-15-20-9-4-7-12-22(20)19-29;/h4,7,9,12,21,23H,3,5-6,8,10-11,13-19H2,1-2H3,(H2,26,27,28);1H. The van der Waals surface area contributed by atoms with Crippen molar-refractivity contribution < 1.29 is 9.53 Å². The molecule has 1 aromatic carbocycles. The molecule has 32 heavy (non-hydrogen) atoms. The van der Waals surface area contributed by atoms with Gasteiger partial charge >= 0.3 is 0 Å². The molecule has 1 aliphatic heterocycles. The van der Waals surface area contributed by atoms with Crippen molar-refractivity contribution in [3.63, 3.8) is 0 Å². The van der Waals surface area contributed by atoms with Crippen molar-refractivity contribution in [2.75, 3.05) is 33.3 Å². The Morgan fingerprint density at radius 3 is 2.62 bits per heavy atom. The fourth-order valence-electron chi connectivity index (χ4n) is 4.86. The Bertz CT molecular complexity index is 722. The Morgan fingerprint density at radius 1 is 1.19 bits per heavy atom. The summed E-state index contributed by atoms with van der Waals surface area (Å²) < 4.78 is 6.00. The van der Waals surface area contributed by atoms with Crippen LogP contribution in [0.5, 0.6) is 0 Å². The number of guanidine groups is 1. The third-order valence-electron chi connectivity index (χ3n) is 6.59. The number of hydrogen-bond donors (Lipinski definition) is 2. The number of ether oxygens (including phenoxy) is 1. The monoisotopic (exact) mass is 556 g/mol. The van der Waals surface area contributed by atoms with Crippen molar-refractivity contribution in [1.82, 2.24) is 15.5 Å². The van der Waals surface area contributed by atoms with E-state index in [0.29, 0.717) is 18.4 Å². The Labute approximate surface area is 211 Å². The number of rotatable bonds is 10. The molecule has 1 saturated carbocycles. The lowest BCUT2D eigenvalue weighted by atomic mass is 9.98. The Hall–Kier alpha value is -1.35. The van der Waals surface area contributed by atoms with Crippen LogP contribution < -0.4 is 10.6 Å². The van der Waals surface area contributed by atoms with Gasteiger partial charge in [-0.2, -0.15) is 0 Å². The topological polar surface area (TPSA) is 66.0 Å². The maximum Gasteiger partial charge on any atom is 0.222 e. The molecule has 1 unspecified atom stereocenters. The fourth-order valence-corrected chi connectivity index (χ4v) is 4.86. The molecule has 1 heterocycles. The summed E-state index contributed by atoms with van der Waals surface area (Å²) in [6.45, 7) is 6.03. The van der Waals surface area contributed by atoms with Gasteiger partial charge in [0.25, 0.3) is 0 Å². The van der Waals surface area contributed by atoms with Gasteiger partial charge in [-0.15, -0.1) is 24.0 Å². The SMILES string of the molecule is CCOC(CCNC(=NC)NCCCC(=O)N1CCc2ccccc2C1)C1CCCC1.I.